The van der Waals surface area contributed by atoms with Gasteiger partial charge in [-0.1, -0.05) is 35.9 Å². The van der Waals surface area contributed by atoms with Crippen molar-refractivity contribution in [2.24, 2.45) is 0 Å². The van der Waals surface area contributed by atoms with Gasteiger partial charge in [-0.15, -0.1) is 0 Å². The zero-order chi connectivity index (χ0) is 16.4. The second-order valence-corrected chi connectivity index (χ2v) is 5.86. The fourth-order valence-electron chi connectivity index (χ4n) is 3.26. The van der Waals surface area contributed by atoms with E-state index in [0.29, 0.717) is 18.0 Å². The van der Waals surface area contributed by atoms with E-state index < -0.39 is 0 Å². The van der Waals surface area contributed by atoms with Crippen molar-refractivity contribution in [3.8, 4) is 11.5 Å². The Bertz CT molecular complexity index is 726. The molecule has 0 aromatic heterocycles. The van der Waals surface area contributed by atoms with Crippen molar-refractivity contribution in [2.75, 3.05) is 20.8 Å². The van der Waals surface area contributed by atoms with Crippen LogP contribution in [0.2, 0.25) is 0 Å². The van der Waals surface area contributed by atoms with Crippen molar-refractivity contribution in [2.45, 2.75) is 18.8 Å². The van der Waals surface area contributed by atoms with Crippen LogP contribution in [0.4, 0.5) is 0 Å². The highest BCUT2D eigenvalue weighted by atomic mass is 16.5. The molecule has 2 aromatic rings. The van der Waals surface area contributed by atoms with Gasteiger partial charge in [-0.3, -0.25) is 4.79 Å². The van der Waals surface area contributed by atoms with Gasteiger partial charge < -0.3 is 14.8 Å². The van der Waals surface area contributed by atoms with E-state index in [2.05, 4.69) is 30.4 Å². The summed E-state index contributed by atoms with van der Waals surface area (Å²) >= 11 is 0. The molecule has 1 saturated heterocycles. The topological polar surface area (TPSA) is 47.6 Å². The number of hydrogen-bond donors (Lipinski definition) is 1. The quantitative estimate of drug-likeness (QED) is 0.944. The molecule has 1 N–H and O–H groups in total. The number of benzene rings is 2. The van der Waals surface area contributed by atoms with Crippen LogP contribution in [-0.4, -0.2) is 26.7 Å². The van der Waals surface area contributed by atoms with Crippen molar-refractivity contribution in [3.63, 3.8) is 0 Å². The van der Waals surface area contributed by atoms with Crippen LogP contribution in [0.3, 0.4) is 0 Å². The van der Waals surface area contributed by atoms with Gasteiger partial charge in [0.2, 0.25) is 5.91 Å². The Kier molecular flexibility index (Phi) is 4.24. The molecule has 0 aliphatic carbocycles. The third-order valence-electron chi connectivity index (χ3n) is 4.42. The van der Waals surface area contributed by atoms with Crippen LogP contribution in [0.25, 0.3) is 0 Å². The summed E-state index contributed by atoms with van der Waals surface area (Å²) in [5, 5.41) is 2.99. The van der Waals surface area contributed by atoms with Gasteiger partial charge in [0.25, 0.3) is 0 Å². The van der Waals surface area contributed by atoms with E-state index in [0.717, 1.165) is 5.56 Å². The average Bonchev–Trinajstić information content (AvgIpc) is 2.96. The van der Waals surface area contributed by atoms with E-state index >= 15 is 0 Å². The SMILES string of the molecule is COc1ccc([C@@H]2C(=O)NC[C@H]2c2cccc(C)c2)cc1OC. The van der Waals surface area contributed by atoms with E-state index in [4.69, 9.17) is 9.47 Å². The first-order valence-electron chi connectivity index (χ1n) is 7.70. The molecule has 0 saturated carbocycles. The molecule has 23 heavy (non-hydrogen) atoms. The Labute approximate surface area is 136 Å². The first-order chi connectivity index (χ1) is 11.1. The number of ether oxygens (including phenoxy) is 2. The number of nitrogens with one attached hydrogen (secondary N) is 1. The normalized spacial score (nSPS) is 20.2. The van der Waals surface area contributed by atoms with Crippen LogP contribution in [0.1, 0.15) is 28.5 Å². The molecule has 1 aliphatic heterocycles. The number of carbonyl (C=O) groups excluding carboxylic acids is 1. The summed E-state index contributed by atoms with van der Waals surface area (Å²) in [4.78, 5) is 12.4. The fraction of sp³-hybridized carbons (Fsp3) is 0.316. The predicted octanol–water partition coefficient (Wildman–Crippen LogP) is 3.01. The Morgan fingerprint density at radius 1 is 1.00 bits per heavy atom. The van der Waals surface area contributed by atoms with Gasteiger partial charge in [0.05, 0.1) is 20.1 Å². The van der Waals surface area contributed by atoms with Gasteiger partial charge in [0.15, 0.2) is 11.5 Å². The van der Waals surface area contributed by atoms with Crippen molar-refractivity contribution >= 4 is 5.91 Å². The zero-order valence-corrected chi connectivity index (χ0v) is 13.6. The summed E-state index contributed by atoms with van der Waals surface area (Å²) in [6, 6.07) is 14.0. The van der Waals surface area contributed by atoms with E-state index in [1.807, 2.05) is 24.3 Å². The standard InChI is InChI=1S/C19H21NO3/c1-12-5-4-6-13(9-12)15-11-20-19(21)18(15)14-7-8-16(22-2)17(10-14)23-3/h4-10,15,18H,11H2,1-3H3,(H,20,21)/t15-,18-/m0/s1. The molecule has 2 atom stereocenters. The van der Waals surface area contributed by atoms with Gasteiger partial charge >= 0.3 is 0 Å². The maximum atomic E-state index is 12.4. The second kappa shape index (κ2) is 6.32. The molecule has 4 heteroatoms. The number of aryl methyl sites for hydroxylation is 1. The number of carbonyl (C=O) groups is 1. The second-order valence-electron chi connectivity index (χ2n) is 5.86. The Hall–Kier alpha value is -2.49. The van der Waals surface area contributed by atoms with Crippen molar-refractivity contribution in [1.82, 2.24) is 5.32 Å². The van der Waals surface area contributed by atoms with Crippen LogP contribution in [0.15, 0.2) is 42.5 Å². The molecular weight excluding hydrogens is 290 g/mol. The van der Waals surface area contributed by atoms with Gasteiger partial charge in [-0.05, 0) is 30.2 Å². The monoisotopic (exact) mass is 311 g/mol. The molecule has 0 spiro atoms. The predicted molar refractivity (Wildman–Crippen MR) is 89.2 cm³/mol. The molecule has 1 amide bonds. The molecule has 2 aromatic carbocycles. The summed E-state index contributed by atoms with van der Waals surface area (Å²) in [6.45, 7) is 2.72. The van der Waals surface area contributed by atoms with Crippen molar-refractivity contribution in [3.05, 3.63) is 59.2 Å². The third-order valence-corrected chi connectivity index (χ3v) is 4.42. The van der Waals surface area contributed by atoms with E-state index in [9.17, 15) is 4.79 Å². The Balaban J connectivity index is 2.00. The lowest BCUT2D eigenvalue weighted by Gasteiger charge is -2.19. The van der Waals surface area contributed by atoms with Crippen molar-refractivity contribution in [1.29, 1.82) is 0 Å². The lowest BCUT2D eigenvalue weighted by atomic mass is 9.83. The van der Waals surface area contributed by atoms with Crippen LogP contribution >= 0.6 is 0 Å². The summed E-state index contributed by atoms with van der Waals surface area (Å²) in [5.41, 5.74) is 3.33. The van der Waals surface area contributed by atoms with Gasteiger partial charge in [0, 0.05) is 12.5 Å². The molecule has 4 nitrogen and oxygen atoms in total. The van der Waals surface area contributed by atoms with Gasteiger partial charge in [-0.2, -0.15) is 0 Å². The molecule has 1 aliphatic rings. The summed E-state index contributed by atoms with van der Waals surface area (Å²) in [6.07, 6.45) is 0. The molecular formula is C19H21NO3. The van der Waals surface area contributed by atoms with E-state index in [1.54, 1.807) is 14.2 Å². The van der Waals surface area contributed by atoms with Gasteiger partial charge in [-0.25, -0.2) is 0 Å². The molecule has 1 heterocycles. The minimum Gasteiger partial charge on any atom is -0.493 e. The molecule has 0 bridgehead atoms. The van der Waals surface area contributed by atoms with Crippen LogP contribution in [0, 0.1) is 6.92 Å². The summed E-state index contributed by atoms with van der Waals surface area (Å²) < 4.78 is 10.7. The number of methoxy groups -OCH3 is 2. The largest absolute Gasteiger partial charge is 0.493 e. The first-order valence-corrected chi connectivity index (χ1v) is 7.70. The highest BCUT2D eigenvalue weighted by Crippen LogP contribution is 2.40. The number of rotatable bonds is 4. The molecule has 120 valence electrons. The Morgan fingerprint density at radius 3 is 2.48 bits per heavy atom. The van der Waals surface area contributed by atoms with Crippen LogP contribution in [0.5, 0.6) is 11.5 Å². The Morgan fingerprint density at radius 2 is 1.78 bits per heavy atom. The maximum absolute atomic E-state index is 12.4. The van der Waals surface area contributed by atoms with Gasteiger partial charge in [0.1, 0.15) is 0 Å². The zero-order valence-electron chi connectivity index (χ0n) is 13.6. The fourth-order valence-corrected chi connectivity index (χ4v) is 3.26. The number of hydrogen-bond acceptors (Lipinski definition) is 3. The molecule has 3 rings (SSSR count). The first kappa shape index (κ1) is 15.4. The lowest BCUT2D eigenvalue weighted by molar-refractivity contribution is -0.120. The smallest absolute Gasteiger partial charge is 0.228 e. The highest BCUT2D eigenvalue weighted by Gasteiger charge is 2.37. The summed E-state index contributed by atoms with van der Waals surface area (Å²) in [5.74, 6) is 1.29. The highest BCUT2D eigenvalue weighted by molar-refractivity contribution is 5.87. The minimum atomic E-state index is -0.211. The van der Waals surface area contributed by atoms with E-state index in [1.165, 1.54) is 11.1 Å². The third kappa shape index (κ3) is 2.89. The van der Waals surface area contributed by atoms with E-state index in [-0.39, 0.29) is 17.7 Å². The number of amides is 1. The summed E-state index contributed by atoms with van der Waals surface area (Å²) in [7, 11) is 3.21. The molecule has 1 fully saturated rings. The maximum Gasteiger partial charge on any atom is 0.228 e. The molecule has 0 unspecified atom stereocenters. The lowest BCUT2D eigenvalue weighted by Crippen LogP contribution is -2.18. The minimum absolute atomic E-state index is 0.0590. The van der Waals surface area contributed by atoms with Crippen LogP contribution < -0.4 is 14.8 Å². The molecule has 0 radical (unpaired) electrons. The van der Waals surface area contributed by atoms with Crippen LogP contribution in [-0.2, 0) is 4.79 Å². The van der Waals surface area contributed by atoms with Crippen molar-refractivity contribution < 1.29 is 14.3 Å². The average molecular weight is 311 g/mol.